The predicted molar refractivity (Wildman–Crippen MR) is 69.0 cm³/mol. The number of hydrogen-bond acceptors (Lipinski definition) is 3. The van der Waals surface area contributed by atoms with Gasteiger partial charge in [-0.25, -0.2) is 0 Å². The minimum atomic E-state index is -1.58. The second-order valence-corrected chi connectivity index (χ2v) is 8.44. The summed E-state index contributed by atoms with van der Waals surface area (Å²) in [5.41, 5.74) is 0. The first-order valence-corrected chi connectivity index (χ1v) is 8.54. The molecule has 0 amide bonds. The molecule has 0 bridgehead atoms. The fourth-order valence-corrected chi connectivity index (χ4v) is 6.38. The van der Waals surface area contributed by atoms with E-state index in [0.29, 0.717) is 0 Å². The van der Waals surface area contributed by atoms with E-state index in [-0.39, 0.29) is 0 Å². The lowest BCUT2D eigenvalue weighted by Gasteiger charge is -2.43. The summed E-state index contributed by atoms with van der Waals surface area (Å²) in [5.74, 6) is 0. The van der Waals surface area contributed by atoms with Crippen molar-refractivity contribution in [1.29, 1.82) is 0 Å². The quantitative estimate of drug-likeness (QED) is 0.678. The fourth-order valence-electron chi connectivity index (χ4n) is 3.02. The highest BCUT2D eigenvalue weighted by molar-refractivity contribution is 6.72. The number of rotatable bonds is 6. The fraction of sp³-hybridized carbons (Fsp3) is 1.00. The Balaban J connectivity index is 2.76. The lowest BCUT2D eigenvalue weighted by atomic mass is 10.2. The van der Waals surface area contributed by atoms with E-state index >= 15 is 0 Å². The highest BCUT2D eigenvalue weighted by atomic mass is 28.4. The molecule has 0 unspecified atom stereocenters. The van der Waals surface area contributed by atoms with Crippen molar-refractivity contribution in [2.45, 2.75) is 51.6 Å². The summed E-state index contributed by atoms with van der Waals surface area (Å²) in [4.78, 5) is 7.19. The average Bonchev–Trinajstić information content (AvgIpc) is 2.79. The van der Waals surface area contributed by atoms with E-state index in [2.05, 4.69) is 42.5 Å². The van der Waals surface area contributed by atoms with Gasteiger partial charge >= 0.3 is 0 Å². The minimum absolute atomic E-state index is 0.821. The lowest BCUT2D eigenvalue weighted by Crippen LogP contribution is -2.72. The van der Waals surface area contributed by atoms with Crippen LogP contribution < -0.4 is 9.96 Å². The number of hydrogen-bond donors (Lipinski definition) is 2. The molecule has 1 rings (SSSR count). The molecule has 15 heavy (non-hydrogen) atoms. The van der Waals surface area contributed by atoms with E-state index in [1.165, 1.54) is 38.3 Å². The first kappa shape index (κ1) is 13.2. The van der Waals surface area contributed by atoms with Crippen LogP contribution in [0.3, 0.4) is 0 Å². The second-order valence-electron chi connectivity index (χ2n) is 4.44. The van der Waals surface area contributed by atoms with Gasteiger partial charge in [0.25, 0.3) is 8.56 Å². The molecule has 0 radical (unpaired) electrons. The van der Waals surface area contributed by atoms with E-state index in [1.54, 1.807) is 0 Å². The molecule has 90 valence electrons. The molecule has 0 aromatic carbocycles. The van der Waals surface area contributed by atoms with E-state index in [0.717, 1.165) is 6.04 Å². The third-order valence-corrected chi connectivity index (χ3v) is 8.27. The maximum absolute atomic E-state index is 3.60. The van der Waals surface area contributed by atoms with Gasteiger partial charge in [0.15, 0.2) is 0 Å². The van der Waals surface area contributed by atoms with Gasteiger partial charge < -0.3 is 9.96 Å². The molecule has 0 saturated heterocycles. The summed E-state index contributed by atoms with van der Waals surface area (Å²) in [6.07, 6.45) is 5.63. The Bertz CT molecular complexity index is 168. The van der Waals surface area contributed by atoms with Gasteiger partial charge in [0.05, 0.1) is 0 Å². The Morgan fingerprint density at radius 1 is 1.13 bits per heavy atom. The summed E-state index contributed by atoms with van der Waals surface area (Å²) < 4.78 is 2.74. The van der Waals surface area contributed by atoms with Crippen molar-refractivity contribution in [3.05, 3.63) is 0 Å². The van der Waals surface area contributed by atoms with Gasteiger partial charge in [-0.15, -0.1) is 0 Å². The smallest absolute Gasteiger partial charge is 0.283 e. The van der Waals surface area contributed by atoms with Gasteiger partial charge in [-0.2, -0.15) is 0 Å². The molecule has 3 nitrogen and oxygen atoms in total. The standard InChI is InChI=1S/C11H27N3Si/c1-5-14(11-9-7-8-10-11)15(6-2,12-3)13-4/h11-13H,5-10H2,1-4H3. The van der Waals surface area contributed by atoms with E-state index in [1.807, 2.05) is 0 Å². The van der Waals surface area contributed by atoms with Crippen LogP contribution in [-0.4, -0.2) is 39.8 Å². The lowest BCUT2D eigenvalue weighted by molar-refractivity contribution is 0.314. The highest BCUT2D eigenvalue weighted by Gasteiger charge is 2.40. The summed E-state index contributed by atoms with van der Waals surface area (Å²) in [6.45, 7) is 5.77. The van der Waals surface area contributed by atoms with Crippen LogP contribution >= 0.6 is 0 Å². The van der Waals surface area contributed by atoms with Gasteiger partial charge in [0.1, 0.15) is 0 Å². The molecular formula is C11H27N3Si. The average molecular weight is 229 g/mol. The van der Waals surface area contributed by atoms with Crippen LogP contribution in [0.4, 0.5) is 0 Å². The maximum Gasteiger partial charge on any atom is 0.283 e. The summed E-state index contributed by atoms with van der Waals surface area (Å²) in [5, 5.41) is 0. The number of nitrogens with zero attached hydrogens (tertiary/aromatic N) is 1. The molecule has 4 heteroatoms. The van der Waals surface area contributed by atoms with Gasteiger partial charge in [-0.3, -0.25) is 4.57 Å². The van der Waals surface area contributed by atoms with Crippen LogP contribution in [0, 0.1) is 0 Å². The van der Waals surface area contributed by atoms with Crippen molar-refractivity contribution in [1.82, 2.24) is 14.5 Å². The monoisotopic (exact) mass is 229 g/mol. The van der Waals surface area contributed by atoms with E-state index < -0.39 is 8.56 Å². The highest BCUT2D eigenvalue weighted by Crippen LogP contribution is 2.26. The second kappa shape index (κ2) is 5.99. The van der Waals surface area contributed by atoms with Crippen molar-refractivity contribution in [2.75, 3.05) is 20.6 Å². The van der Waals surface area contributed by atoms with Gasteiger partial charge in [0, 0.05) is 6.04 Å². The topological polar surface area (TPSA) is 27.3 Å². The van der Waals surface area contributed by atoms with Crippen LogP contribution in [0.2, 0.25) is 6.04 Å². The number of nitrogens with one attached hydrogen (secondary N) is 2. The van der Waals surface area contributed by atoms with Gasteiger partial charge in [-0.05, 0) is 39.5 Å². The molecule has 1 fully saturated rings. The Kier molecular flexibility index (Phi) is 5.25. The normalized spacial score (nSPS) is 19.0. The van der Waals surface area contributed by atoms with Crippen molar-refractivity contribution in [3.8, 4) is 0 Å². The molecule has 0 spiro atoms. The third-order valence-electron chi connectivity index (χ3n) is 3.94. The van der Waals surface area contributed by atoms with Crippen molar-refractivity contribution >= 4 is 8.56 Å². The zero-order valence-corrected chi connectivity index (χ0v) is 11.8. The Morgan fingerprint density at radius 3 is 2.00 bits per heavy atom. The molecular weight excluding hydrogens is 202 g/mol. The first-order chi connectivity index (χ1) is 7.24. The Hall–Kier alpha value is 0.0969. The van der Waals surface area contributed by atoms with Crippen molar-refractivity contribution < 1.29 is 0 Å². The minimum Gasteiger partial charge on any atom is -0.316 e. The van der Waals surface area contributed by atoms with Crippen LogP contribution in [-0.2, 0) is 0 Å². The maximum atomic E-state index is 3.60. The van der Waals surface area contributed by atoms with Crippen LogP contribution in [0.15, 0.2) is 0 Å². The molecule has 2 N–H and O–H groups in total. The zero-order valence-electron chi connectivity index (χ0n) is 10.8. The molecule has 0 heterocycles. The predicted octanol–water partition coefficient (Wildman–Crippen LogP) is 1.65. The van der Waals surface area contributed by atoms with Gasteiger partial charge in [-0.1, -0.05) is 26.7 Å². The third kappa shape index (κ3) is 2.61. The van der Waals surface area contributed by atoms with Crippen molar-refractivity contribution in [2.24, 2.45) is 0 Å². The molecule has 0 aromatic heterocycles. The Morgan fingerprint density at radius 2 is 1.67 bits per heavy atom. The largest absolute Gasteiger partial charge is 0.316 e. The van der Waals surface area contributed by atoms with Crippen LogP contribution in [0.1, 0.15) is 39.5 Å². The summed E-state index contributed by atoms with van der Waals surface area (Å²) >= 11 is 0. The Labute approximate surface area is 95.9 Å². The molecule has 1 aliphatic carbocycles. The van der Waals surface area contributed by atoms with E-state index in [4.69, 9.17) is 0 Å². The zero-order chi connectivity index (χ0) is 11.3. The SMILES string of the molecule is CCN(C1CCCC1)[Si](CC)(NC)NC. The van der Waals surface area contributed by atoms with Gasteiger partial charge in [0.2, 0.25) is 0 Å². The molecule has 0 aromatic rings. The summed E-state index contributed by atoms with van der Waals surface area (Å²) in [7, 11) is 2.65. The molecule has 1 saturated carbocycles. The molecule has 0 atom stereocenters. The van der Waals surface area contributed by atoms with Crippen LogP contribution in [0.5, 0.6) is 0 Å². The van der Waals surface area contributed by atoms with Crippen molar-refractivity contribution in [3.63, 3.8) is 0 Å². The first-order valence-electron chi connectivity index (χ1n) is 6.38. The molecule has 1 aliphatic rings. The summed E-state index contributed by atoms with van der Waals surface area (Å²) in [6, 6.07) is 2.05. The van der Waals surface area contributed by atoms with Crippen LogP contribution in [0.25, 0.3) is 0 Å². The van der Waals surface area contributed by atoms with E-state index in [9.17, 15) is 0 Å². The molecule has 0 aliphatic heterocycles.